The Morgan fingerprint density at radius 1 is 1.19 bits per heavy atom. The van der Waals surface area contributed by atoms with Crippen molar-refractivity contribution < 1.29 is 4.79 Å². The fourth-order valence-corrected chi connectivity index (χ4v) is 3.28. The van der Waals surface area contributed by atoms with Crippen LogP contribution in [0.4, 0.5) is 5.69 Å². The van der Waals surface area contributed by atoms with Crippen LogP contribution in [0.5, 0.6) is 0 Å². The number of hydrogen-bond donors (Lipinski definition) is 0. The summed E-state index contributed by atoms with van der Waals surface area (Å²) in [6.45, 7) is 2.07. The van der Waals surface area contributed by atoms with Crippen LogP contribution in [0.1, 0.15) is 29.3 Å². The molecular formula is C17H15Cl2NO. The number of carbonyl (C=O) groups excluding carboxylic acids is 1. The lowest BCUT2D eigenvalue weighted by atomic mass is 9.96. The summed E-state index contributed by atoms with van der Waals surface area (Å²) >= 11 is 12.1. The van der Waals surface area contributed by atoms with Crippen molar-refractivity contribution in [1.82, 2.24) is 0 Å². The Hall–Kier alpha value is -1.51. The highest BCUT2D eigenvalue weighted by Gasteiger charge is 2.29. The molecule has 3 rings (SSSR count). The van der Waals surface area contributed by atoms with Gasteiger partial charge in [-0.25, -0.2) is 0 Å². The van der Waals surface area contributed by atoms with Gasteiger partial charge in [-0.05, 0) is 49.6 Å². The highest BCUT2D eigenvalue weighted by atomic mass is 35.5. The van der Waals surface area contributed by atoms with Gasteiger partial charge in [-0.2, -0.15) is 0 Å². The summed E-state index contributed by atoms with van der Waals surface area (Å²) in [7, 11) is 0. The second-order valence-corrected chi connectivity index (χ2v) is 6.16. The van der Waals surface area contributed by atoms with Gasteiger partial charge < -0.3 is 4.90 Å². The van der Waals surface area contributed by atoms with Crippen LogP contribution >= 0.6 is 23.2 Å². The average Bonchev–Trinajstić information content (AvgIpc) is 2.46. The molecule has 108 valence electrons. The van der Waals surface area contributed by atoms with E-state index in [9.17, 15) is 4.79 Å². The first-order valence-electron chi connectivity index (χ1n) is 6.94. The number of benzene rings is 2. The molecule has 0 aromatic heterocycles. The maximum Gasteiger partial charge on any atom is 0.260 e. The number of halogens is 2. The molecule has 0 bridgehead atoms. The van der Waals surface area contributed by atoms with Gasteiger partial charge in [0.05, 0.1) is 10.6 Å². The number of aryl methyl sites for hydroxylation is 1. The van der Waals surface area contributed by atoms with Crippen LogP contribution in [0.25, 0.3) is 0 Å². The third kappa shape index (κ3) is 2.66. The van der Waals surface area contributed by atoms with E-state index in [4.69, 9.17) is 23.2 Å². The van der Waals surface area contributed by atoms with Crippen molar-refractivity contribution in [3.8, 4) is 0 Å². The third-order valence-corrected chi connectivity index (χ3v) is 4.45. The van der Waals surface area contributed by atoms with Gasteiger partial charge in [0.25, 0.3) is 5.91 Å². The molecule has 1 unspecified atom stereocenters. The molecule has 2 aromatic carbocycles. The Morgan fingerprint density at radius 2 is 1.95 bits per heavy atom. The summed E-state index contributed by atoms with van der Waals surface area (Å²) in [5.74, 6) is -0.0729. The van der Waals surface area contributed by atoms with Gasteiger partial charge in [0, 0.05) is 16.8 Å². The first-order chi connectivity index (χ1) is 10.1. The molecule has 0 radical (unpaired) electrons. The highest BCUT2D eigenvalue weighted by Crippen LogP contribution is 2.33. The molecule has 1 aliphatic rings. The van der Waals surface area contributed by atoms with Crippen molar-refractivity contribution in [2.45, 2.75) is 25.8 Å². The van der Waals surface area contributed by atoms with Crippen LogP contribution in [0, 0.1) is 0 Å². The van der Waals surface area contributed by atoms with Crippen LogP contribution < -0.4 is 4.90 Å². The van der Waals surface area contributed by atoms with E-state index in [1.54, 1.807) is 18.2 Å². The minimum absolute atomic E-state index is 0.0729. The van der Waals surface area contributed by atoms with Gasteiger partial charge >= 0.3 is 0 Å². The Balaban J connectivity index is 2.05. The smallest absolute Gasteiger partial charge is 0.260 e. The number of hydrogen-bond acceptors (Lipinski definition) is 1. The molecule has 0 saturated carbocycles. The predicted octanol–water partition coefficient (Wildman–Crippen LogP) is 4.97. The van der Waals surface area contributed by atoms with E-state index in [0.717, 1.165) is 18.5 Å². The molecule has 0 fully saturated rings. The molecule has 1 amide bonds. The minimum atomic E-state index is -0.0729. The summed E-state index contributed by atoms with van der Waals surface area (Å²) < 4.78 is 0. The lowest BCUT2D eigenvalue weighted by Crippen LogP contribution is -2.42. The first kappa shape index (κ1) is 14.4. The molecule has 0 saturated heterocycles. The van der Waals surface area contributed by atoms with Gasteiger partial charge in [0.15, 0.2) is 0 Å². The number of rotatable bonds is 1. The number of amides is 1. The molecule has 0 spiro atoms. The zero-order valence-electron chi connectivity index (χ0n) is 11.6. The van der Waals surface area contributed by atoms with Gasteiger partial charge in [0.2, 0.25) is 0 Å². The SMILES string of the molecule is CC1CCc2ccccc2N1C(=O)c1ccc(Cl)cc1Cl. The zero-order chi connectivity index (χ0) is 15.0. The predicted molar refractivity (Wildman–Crippen MR) is 87.5 cm³/mol. The minimum Gasteiger partial charge on any atom is -0.305 e. The quantitative estimate of drug-likeness (QED) is 0.726. The summed E-state index contributed by atoms with van der Waals surface area (Å²) in [4.78, 5) is 14.7. The van der Waals surface area contributed by atoms with Crippen molar-refractivity contribution in [3.05, 3.63) is 63.6 Å². The molecule has 2 nitrogen and oxygen atoms in total. The molecule has 4 heteroatoms. The maximum atomic E-state index is 12.9. The van der Waals surface area contributed by atoms with E-state index in [1.807, 2.05) is 23.1 Å². The second kappa shape index (κ2) is 5.70. The standard InChI is InChI=1S/C17H15Cl2NO/c1-11-6-7-12-4-2-3-5-16(12)20(11)17(21)14-9-8-13(18)10-15(14)19/h2-5,8-11H,6-7H2,1H3. The molecule has 21 heavy (non-hydrogen) atoms. The molecule has 2 aromatic rings. The van der Waals surface area contributed by atoms with Crippen molar-refractivity contribution >= 4 is 34.8 Å². The van der Waals surface area contributed by atoms with E-state index in [2.05, 4.69) is 13.0 Å². The van der Waals surface area contributed by atoms with Crippen molar-refractivity contribution in [1.29, 1.82) is 0 Å². The Labute approximate surface area is 134 Å². The van der Waals surface area contributed by atoms with E-state index >= 15 is 0 Å². The highest BCUT2D eigenvalue weighted by molar-refractivity contribution is 6.37. The molecule has 0 aliphatic carbocycles. The summed E-state index contributed by atoms with van der Waals surface area (Å²) in [5, 5.41) is 0.923. The summed E-state index contributed by atoms with van der Waals surface area (Å²) in [6, 6.07) is 13.2. The van der Waals surface area contributed by atoms with Crippen molar-refractivity contribution in [3.63, 3.8) is 0 Å². The van der Waals surface area contributed by atoms with Gasteiger partial charge in [-0.1, -0.05) is 41.4 Å². The monoisotopic (exact) mass is 319 g/mol. The molecule has 1 atom stereocenters. The van der Waals surface area contributed by atoms with Gasteiger partial charge in [-0.15, -0.1) is 0 Å². The summed E-state index contributed by atoms with van der Waals surface area (Å²) in [5.41, 5.74) is 2.67. The number of fused-ring (bicyclic) bond motifs is 1. The van der Waals surface area contributed by atoms with E-state index in [-0.39, 0.29) is 11.9 Å². The van der Waals surface area contributed by atoms with Crippen LogP contribution in [0.15, 0.2) is 42.5 Å². The molecule has 0 N–H and O–H groups in total. The number of para-hydroxylation sites is 1. The fourth-order valence-electron chi connectivity index (χ4n) is 2.79. The topological polar surface area (TPSA) is 20.3 Å². The van der Waals surface area contributed by atoms with E-state index < -0.39 is 0 Å². The second-order valence-electron chi connectivity index (χ2n) is 5.32. The van der Waals surface area contributed by atoms with E-state index in [0.29, 0.717) is 15.6 Å². The zero-order valence-corrected chi connectivity index (χ0v) is 13.2. The number of anilines is 1. The average molecular weight is 320 g/mol. The first-order valence-corrected chi connectivity index (χ1v) is 7.70. The van der Waals surface area contributed by atoms with Gasteiger partial charge in [0.1, 0.15) is 0 Å². The Morgan fingerprint density at radius 3 is 2.71 bits per heavy atom. The number of carbonyl (C=O) groups is 1. The number of nitrogens with zero attached hydrogens (tertiary/aromatic N) is 1. The summed E-state index contributed by atoms with van der Waals surface area (Å²) in [6.07, 6.45) is 1.95. The Kier molecular flexibility index (Phi) is 3.92. The largest absolute Gasteiger partial charge is 0.305 e. The van der Waals surface area contributed by atoms with Crippen LogP contribution in [0.2, 0.25) is 10.0 Å². The van der Waals surface area contributed by atoms with Crippen LogP contribution in [0.3, 0.4) is 0 Å². The van der Waals surface area contributed by atoms with Crippen LogP contribution in [-0.2, 0) is 6.42 Å². The van der Waals surface area contributed by atoms with Crippen molar-refractivity contribution in [2.24, 2.45) is 0 Å². The maximum absolute atomic E-state index is 12.9. The normalized spacial score (nSPS) is 17.5. The molecular weight excluding hydrogens is 305 g/mol. The molecule has 1 aliphatic heterocycles. The van der Waals surface area contributed by atoms with E-state index in [1.165, 1.54) is 5.56 Å². The fraction of sp³-hybridized carbons (Fsp3) is 0.235. The Bertz CT molecular complexity index is 699. The van der Waals surface area contributed by atoms with Gasteiger partial charge in [-0.3, -0.25) is 4.79 Å². The van der Waals surface area contributed by atoms with Crippen molar-refractivity contribution in [2.75, 3.05) is 4.90 Å². The lowest BCUT2D eigenvalue weighted by Gasteiger charge is -2.35. The molecule has 1 heterocycles. The van der Waals surface area contributed by atoms with Crippen LogP contribution in [-0.4, -0.2) is 11.9 Å². The lowest BCUT2D eigenvalue weighted by molar-refractivity contribution is 0.0975. The third-order valence-electron chi connectivity index (χ3n) is 3.90.